The topological polar surface area (TPSA) is 143 Å². The third kappa shape index (κ3) is 10.9. The zero-order chi connectivity index (χ0) is 39.0. The fourth-order valence-electron chi connectivity index (χ4n) is 5.59. The number of carbonyl (C=O) groups excluding carboxylic acids is 2. The van der Waals surface area contributed by atoms with Gasteiger partial charge in [-0.25, -0.2) is 4.98 Å². The van der Waals surface area contributed by atoms with Gasteiger partial charge in [-0.2, -0.15) is 21.6 Å². The van der Waals surface area contributed by atoms with Crippen molar-refractivity contribution in [2.75, 3.05) is 51.4 Å². The predicted octanol–water partition coefficient (Wildman–Crippen LogP) is 6.62. The van der Waals surface area contributed by atoms with Crippen molar-refractivity contribution in [2.24, 2.45) is 7.05 Å². The molecule has 0 bridgehead atoms. The lowest BCUT2D eigenvalue weighted by Gasteiger charge is -2.34. The molecule has 0 saturated carbocycles. The van der Waals surface area contributed by atoms with Crippen LogP contribution in [0.4, 0.5) is 18.9 Å². The number of halogens is 3. The number of hydrogen-bond acceptors (Lipinski definition) is 8. The van der Waals surface area contributed by atoms with Crippen LogP contribution in [0.1, 0.15) is 32.0 Å². The molecule has 0 aliphatic carbocycles. The number of carbonyl (C=O) groups is 2. The van der Waals surface area contributed by atoms with Crippen molar-refractivity contribution >= 4 is 44.6 Å². The van der Waals surface area contributed by atoms with E-state index in [0.717, 1.165) is 66.1 Å². The summed E-state index contributed by atoms with van der Waals surface area (Å²) in [4.78, 5) is 34.5. The summed E-state index contributed by atoms with van der Waals surface area (Å²) in [5, 5.41) is 3.45. The Balaban J connectivity index is 0.00000105. The SMILES string of the molecule is COc1ccc(C=CCN2CCN(C(=O)c3cc4cc(Oc5ccc(NC(=O)c6ccc(C(F)(F)F)cc6)cn5)ccc4n3C)CC2)cc1.CS(=O)(=O)O. The highest BCUT2D eigenvalue weighted by atomic mass is 32.2. The van der Waals surface area contributed by atoms with E-state index >= 15 is 0 Å². The predicted molar refractivity (Wildman–Crippen MR) is 198 cm³/mol. The molecule has 2 amide bonds. The van der Waals surface area contributed by atoms with Gasteiger partial charge in [-0.05, 0) is 72.3 Å². The number of nitrogens with one attached hydrogen (secondary N) is 1. The molecule has 12 nitrogen and oxygen atoms in total. The lowest BCUT2D eigenvalue weighted by Crippen LogP contribution is -2.48. The molecule has 2 aromatic heterocycles. The van der Waals surface area contributed by atoms with Gasteiger partial charge in [0.05, 0.1) is 30.8 Å². The number of alkyl halides is 3. The lowest BCUT2D eigenvalue weighted by molar-refractivity contribution is -0.137. The van der Waals surface area contributed by atoms with Crippen LogP contribution in [-0.4, -0.2) is 90.2 Å². The summed E-state index contributed by atoms with van der Waals surface area (Å²) in [5.41, 5.74) is 2.18. The van der Waals surface area contributed by atoms with Crippen LogP contribution in [0, 0.1) is 0 Å². The van der Waals surface area contributed by atoms with E-state index in [4.69, 9.17) is 14.0 Å². The number of aryl methyl sites for hydroxylation is 1. The molecule has 2 N–H and O–H groups in total. The van der Waals surface area contributed by atoms with Gasteiger partial charge in [-0.3, -0.25) is 19.0 Å². The highest BCUT2D eigenvalue weighted by Gasteiger charge is 2.30. The third-order valence-electron chi connectivity index (χ3n) is 8.37. The number of fused-ring (bicyclic) bond motifs is 1. The van der Waals surface area contributed by atoms with E-state index in [9.17, 15) is 31.2 Å². The number of ether oxygens (including phenoxy) is 2. The summed E-state index contributed by atoms with van der Waals surface area (Å²) in [6, 6.07) is 22.4. The number of rotatable bonds is 9. The minimum absolute atomic E-state index is 0.0230. The first-order valence-electron chi connectivity index (χ1n) is 16.5. The Hall–Kier alpha value is -5.71. The number of aromatic nitrogens is 2. The number of pyridine rings is 1. The highest BCUT2D eigenvalue weighted by Crippen LogP contribution is 2.30. The molecule has 3 aromatic carbocycles. The third-order valence-corrected chi connectivity index (χ3v) is 8.37. The standard InChI is InChI=1S/C37H34F3N5O4.CH4O3S/c1-43-32-15-14-31(49-34-16-11-29(24-41-34)42-35(46)26-7-9-28(10-8-26)37(38,39)40)22-27(32)23-33(43)36(47)45-20-18-44(19-21-45)17-3-4-25-5-12-30(48-2)13-6-25;1-5(2,3)4/h3-16,22-24H,17-21H2,1-2H3,(H,42,46);1H3,(H,2,3,4). The maximum absolute atomic E-state index is 13.5. The van der Waals surface area contributed by atoms with Gasteiger partial charge in [0.15, 0.2) is 0 Å². The first kappa shape index (κ1) is 39.5. The van der Waals surface area contributed by atoms with Crippen LogP contribution in [0.3, 0.4) is 0 Å². The average Bonchev–Trinajstić information content (AvgIpc) is 3.46. The molecule has 0 spiro atoms. The highest BCUT2D eigenvalue weighted by molar-refractivity contribution is 7.85. The summed E-state index contributed by atoms with van der Waals surface area (Å²) in [6.07, 6.45) is 1.86. The van der Waals surface area contributed by atoms with Gasteiger partial charge in [0.1, 0.15) is 17.2 Å². The number of piperazine rings is 1. The molecule has 0 radical (unpaired) electrons. The maximum Gasteiger partial charge on any atom is 0.416 e. The number of anilines is 1. The van der Waals surface area contributed by atoms with Crippen LogP contribution in [-0.2, 0) is 23.3 Å². The van der Waals surface area contributed by atoms with Gasteiger partial charge in [-0.15, -0.1) is 0 Å². The van der Waals surface area contributed by atoms with Gasteiger partial charge in [0, 0.05) is 62.3 Å². The van der Waals surface area contributed by atoms with Gasteiger partial charge in [0.25, 0.3) is 21.9 Å². The zero-order valence-electron chi connectivity index (χ0n) is 29.6. The van der Waals surface area contributed by atoms with E-state index < -0.39 is 27.8 Å². The summed E-state index contributed by atoms with van der Waals surface area (Å²) < 4.78 is 77.3. The van der Waals surface area contributed by atoms with Crippen molar-refractivity contribution in [3.05, 3.63) is 120 Å². The molecule has 1 saturated heterocycles. The second-order valence-electron chi connectivity index (χ2n) is 12.3. The molecule has 5 aromatic rings. The van der Waals surface area contributed by atoms with E-state index in [0.29, 0.717) is 36.5 Å². The van der Waals surface area contributed by atoms with Crippen LogP contribution in [0.2, 0.25) is 0 Å². The molecule has 284 valence electrons. The Kier molecular flexibility index (Phi) is 12.4. The van der Waals surface area contributed by atoms with Crippen molar-refractivity contribution in [2.45, 2.75) is 6.18 Å². The average molecular weight is 766 g/mol. The zero-order valence-corrected chi connectivity index (χ0v) is 30.4. The van der Waals surface area contributed by atoms with Crippen molar-refractivity contribution in [1.82, 2.24) is 19.4 Å². The Morgan fingerprint density at radius 2 is 1.57 bits per heavy atom. The van der Waals surface area contributed by atoms with E-state index in [1.165, 1.54) is 6.20 Å². The van der Waals surface area contributed by atoms with Crippen molar-refractivity contribution in [1.29, 1.82) is 0 Å². The number of methoxy groups -OCH3 is 1. The number of benzene rings is 3. The van der Waals surface area contributed by atoms with Gasteiger partial charge in [-0.1, -0.05) is 24.3 Å². The molecule has 3 heterocycles. The fraction of sp³-hybridized carbons (Fsp3) is 0.237. The summed E-state index contributed by atoms with van der Waals surface area (Å²) in [5.74, 6) is 1.03. The Morgan fingerprint density at radius 1 is 0.926 bits per heavy atom. The summed E-state index contributed by atoms with van der Waals surface area (Å²) >= 11 is 0. The van der Waals surface area contributed by atoms with E-state index in [-0.39, 0.29) is 17.4 Å². The molecular weight excluding hydrogens is 728 g/mol. The molecule has 1 aliphatic heterocycles. The molecule has 1 aliphatic rings. The molecule has 16 heteroatoms. The van der Waals surface area contributed by atoms with Gasteiger partial charge >= 0.3 is 6.18 Å². The monoisotopic (exact) mass is 765 g/mol. The number of nitrogens with zero attached hydrogens (tertiary/aromatic N) is 4. The molecule has 1 fully saturated rings. The number of amides is 2. The van der Waals surface area contributed by atoms with Crippen molar-refractivity contribution in [3.63, 3.8) is 0 Å². The molecular formula is C38H38F3N5O7S. The first-order chi connectivity index (χ1) is 25.6. The Bertz CT molecular complexity index is 2210. The molecule has 6 rings (SSSR count). The van der Waals surface area contributed by atoms with Gasteiger partial charge < -0.3 is 24.3 Å². The molecule has 54 heavy (non-hydrogen) atoms. The summed E-state index contributed by atoms with van der Waals surface area (Å²) in [6.45, 7) is 3.64. The van der Waals surface area contributed by atoms with Crippen LogP contribution in [0.5, 0.6) is 17.4 Å². The van der Waals surface area contributed by atoms with Crippen molar-refractivity contribution in [3.8, 4) is 17.4 Å². The molecule has 0 unspecified atom stereocenters. The lowest BCUT2D eigenvalue weighted by atomic mass is 10.1. The quantitative estimate of drug-likeness (QED) is 0.158. The Morgan fingerprint density at radius 3 is 2.17 bits per heavy atom. The maximum atomic E-state index is 13.5. The summed E-state index contributed by atoms with van der Waals surface area (Å²) in [7, 11) is -0.147. The number of hydrogen-bond donors (Lipinski definition) is 2. The van der Waals surface area contributed by atoms with Gasteiger partial charge in [0.2, 0.25) is 5.88 Å². The van der Waals surface area contributed by atoms with E-state index in [2.05, 4.69) is 27.4 Å². The smallest absolute Gasteiger partial charge is 0.416 e. The second kappa shape index (κ2) is 17.0. The minimum atomic E-state index is -4.48. The largest absolute Gasteiger partial charge is 0.497 e. The minimum Gasteiger partial charge on any atom is -0.497 e. The second-order valence-corrected chi connectivity index (χ2v) is 13.8. The fourth-order valence-corrected chi connectivity index (χ4v) is 5.59. The van der Waals surface area contributed by atoms with Crippen LogP contribution < -0.4 is 14.8 Å². The first-order valence-corrected chi connectivity index (χ1v) is 18.4. The normalized spacial score (nSPS) is 13.7. The van der Waals surface area contributed by atoms with E-state index in [1.807, 2.05) is 59.0 Å². The van der Waals surface area contributed by atoms with Crippen LogP contribution in [0.25, 0.3) is 17.0 Å². The van der Waals surface area contributed by atoms with Crippen molar-refractivity contribution < 1.29 is 45.2 Å². The molecule has 0 atom stereocenters. The van der Waals surface area contributed by atoms with E-state index in [1.54, 1.807) is 25.3 Å². The van der Waals surface area contributed by atoms with Crippen LogP contribution >= 0.6 is 0 Å². The van der Waals surface area contributed by atoms with Crippen LogP contribution in [0.15, 0.2) is 97.2 Å². The Labute approximate surface area is 310 Å².